The van der Waals surface area contributed by atoms with Crippen molar-refractivity contribution in [2.75, 3.05) is 12.0 Å². The maximum absolute atomic E-state index is 4.07. The molecule has 96 valence electrons. The van der Waals surface area contributed by atoms with Crippen molar-refractivity contribution < 1.29 is 0 Å². The maximum atomic E-state index is 4.07. The molecule has 6 heteroatoms. The van der Waals surface area contributed by atoms with Crippen molar-refractivity contribution in [1.29, 1.82) is 0 Å². The fourth-order valence-electron chi connectivity index (χ4n) is 1.73. The number of aryl methyl sites for hydroxylation is 1. The van der Waals surface area contributed by atoms with Crippen LogP contribution in [0.5, 0.6) is 0 Å². The van der Waals surface area contributed by atoms with Gasteiger partial charge in [-0.3, -0.25) is 0 Å². The van der Waals surface area contributed by atoms with Crippen molar-refractivity contribution in [2.24, 2.45) is 0 Å². The highest BCUT2D eigenvalue weighted by Crippen LogP contribution is 2.18. The molecule has 1 N–H and O–H groups in total. The van der Waals surface area contributed by atoms with Crippen molar-refractivity contribution in [3.05, 3.63) is 5.82 Å². The van der Waals surface area contributed by atoms with Crippen LogP contribution in [0.25, 0.3) is 0 Å². The molecule has 1 aliphatic carbocycles. The molecule has 0 radical (unpaired) electrons. The van der Waals surface area contributed by atoms with E-state index in [0.717, 1.165) is 18.9 Å². The molecule has 1 heterocycles. The second-order valence-electron chi connectivity index (χ2n) is 4.53. The van der Waals surface area contributed by atoms with Crippen LogP contribution >= 0.6 is 11.8 Å². The molecule has 0 amide bonds. The highest BCUT2D eigenvalue weighted by atomic mass is 32.2. The third-order valence-electron chi connectivity index (χ3n) is 2.95. The normalized spacial score (nSPS) is 15.4. The van der Waals surface area contributed by atoms with Gasteiger partial charge in [-0.15, -0.1) is 5.10 Å². The minimum Gasteiger partial charge on any atom is -0.307 e. The van der Waals surface area contributed by atoms with Gasteiger partial charge in [0, 0.05) is 12.6 Å². The largest absolute Gasteiger partial charge is 0.307 e. The minimum absolute atomic E-state index is 0.710. The van der Waals surface area contributed by atoms with E-state index in [4.69, 9.17) is 0 Å². The zero-order chi connectivity index (χ0) is 11.9. The molecule has 2 rings (SSSR count). The molecule has 1 aromatic rings. The molecule has 0 spiro atoms. The third kappa shape index (κ3) is 4.63. The maximum Gasteiger partial charge on any atom is 0.165 e. The predicted molar refractivity (Wildman–Crippen MR) is 69.9 cm³/mol. The number of thioether (sulfide) groups is 1. The van der Waals surface area contributed by atoms with Gasteiger partial charge in [0.15, 0.2) is 5.82 Å². The Balaban J connectivity index is 1.66. The summed E-state index contributed by atoms with van der Waals surface area (Å²) in [6.45, 7) is 1.76. The molecule has 0 bridgehead atoms. The minimum atomic E-state index is 0.710. The highest BCUT2D eigenvalue weighted by Gasteiger charge is 2.21. The SMILES string of the molecule is CSCCCCCn1nnnc1CNC1CC1. The van der Waals surface area contributed by atoms with Crippen molar-refractivity contribution >= 4 is 11.8 Å². The Hall–Kier alpha value is -0.620. The smallest absolute Gasteiger partial charge is 0.165 e. The summed E-state index contributed by atoms with van der Waals surface area (Å²) < 4.78 is 1.94. The molecule has 1 fully saturated rings. The lowest BCUT2D eigenvalue weighted by Crippen LogP contribution is -2.19. The summed E-state index contributed by atoms with van der Waals surface area (Å²) >= 11 is 1.91. The number of nitrogens with zero attached hydrogens (tertiary/aromatic N) is 4. The Morgan fingerprint density at radius 3 is 3.00 bits per heavy atom. The summed E-state index contributed by atoms with van der Waals surface area (Å²) in [5.41, 5.74) is 0. The van der Waals surface area contributed by atoms with Crippen LogP contribution in [0.3, 0.4) is 0 Å². The lowest BCUT2D eigenvalue weighted by atomic mass is 10.2. The first kappa shape index (κ1) is 12.8. The zero-order valence-electron chi connectivity index (χ0n) is 10.4. The molecule has 5 nitrogen and oxygen atoms in total. The number of hydrogen-bond acceptors (Lipinski definition) is 5. The van der Waals surface area contributed by atoms with E-state index in [2.05, 4.69) is 27.1 Å². The molecule has 0 atom stereocenters. The van der Waals surface area contributed by atoms with Gasteiger partial charge in [0.2, 0.25) is 0 Å². The fraction of sp³-hybridized carbons (Fsp3) is 0.909. The number of tetrazole rings is 1. The Morgan fingerprint density at radius 1 is 1.35 bits per heavy atom. The topological polar surface area (TPSA) is 55.6 Å². The lowest BCUT2D eigenvalue weighted by Gasteiger charge is -2.05. The standard InChI is InChI=1S/C11H21N5S/c1-17-8-4-2-3-7-16-11(13-14-15-16)9-12-10-5-6-10/h10,12H,2-9H2,1H3. The molecule has 1 aromatic heterocycles. The van der Waals surface area contributed by atoms with Crippen LogP contribution in [0.1, 0.15) is 37.9 Å². The second kappa shape index (κ2) is 6.96. The Kier molecular flexibility index (Phi) is 5.25. The van der Waals surface area contributed by atoms with Crippen molar-refractivity contribution in [3.8, 4) is 0 Å². The van der Waals surface area contributed by atoms with E-state index in [1.807, 2.05) is 16.4 Å². The first-order valence-electron chi connectivity index (χ1n) is 6.37. The fourth-order valence-corrected chi connectivity index (χ4v) is 2.22. The first-order chi connectivity index (χ1) is 8.40. The zero-order valence-corrected chi connectivity index (χ0v) is 11.2. The molecule has 0 saturated heterocycles. The highest BCUT2D eigenvalue weighted by molar-refractivity contribution is 7.98. The molecule has 0 aromatic carbocycles. The number of aromatic nitrogens is 4. The van der Waals surface area contributed by atoms with Crippen molar-refractivity contribution in [1.82, 2.24) is 25.5 Å². The molecular weight excluding hydrogens is 234 g/mol. The van der Waals surface area contributed by atoms with E-state index >= 15 is 0 Å². The first-order valence-corrected chi connectivity index (χ1v) is 7.77. The number of hydrogen-bond donors (Lipinski definition) is 1. The summed E-state index contributed by atoms with van der Waals surface area (Å²) in [5, 5.41) is 15.3. The van der Waals surface area contributed by atoms with Gasteiger partial charge < -0.3 is 5.32 Å². The van der Waals surface area contributed by atoms with Crippen LogP contribution in [0.4, 0.5) is 0 Å². The van der Waals surface area contributed by atoms with Gasteiger partial charge in [-0.2, -0.15) is 11.8 Å². The average Bonchev–Trinajstić information content (AvgIpc) is 3.06. The molecule has 0 unspecified atom stereocenters. The van der Waals surface area contributed by atoms with Gasteiger partial charge in [0.25, 0.3) is 0 Å². The van der Waals surface area contributed by atoms with Gasteiger partial charge in [-0.1, -0.05) is 6.42 Å². The predicted octanol–water partition coefficient (Wildman–Crippen LogP) is 1.46. The van der Waals surface area contributed by atoms with Crippen LogP contribution in [0, 0.1) is 0 Å². The van der Waals surface area contributed by atoms with E-state index in [-0.39, 0.29) is 0 Å². The van der Waals surface area contributed by atoms with Crippen LogP contribution in [0.2, 0.25) is 0 Å². The van der Waals surface area contributed by atoms with Gasteiger partial charge in [-0.25, -0.2) is 4.68 Å². The molecular formula is C11H21N5S. The quantitative estimate of drug-likeness (QED) is 0.677. The average molecular weight is 255 g/mol. The summed E-state index contributed by atoms with van der Waals surface area (Å²) in [5.74, 6) is 2.23. The van der Waals surface area contributed by atoms with Crippen LogP contribution < -0.4 is 5.32 Å². The summed E-state index contributed by atoms with van der Waals surface area (Å²) in [6.07, 6.45) is 8.48. The van der Waals surface area contributed by atoms with E-state index in [1.165, 1.54) is 37.9 Å². The summed E-state index contributed by atoms with van der Waals surface area (Å²) in [6, 6.07) is 0.710. The van der Waals surface area contributed by atoms with E-state index in [0.29, 0.717) is 6.04 Å². The number of rotatable bonds is 9. The third-order valence-corrected chi connectivity index (χ3v) is 3.65. The molecule has 17 heavy (non-hydrogen) atoms. The van der Waals surface area contributed by atoms with E-state index < -0.39 is 0 Å². The van der Waals surface area contributed by atoms with Crippen molar-refractivity contribution in [3.63, 3.8) is 0 Å². The van der Waals surface area contributed by atoms with Gasteiger partial charge in [0.05, 0.1) is 6.54 Å². The monoisotopic (exact) mass is 255 g/mol. The molecule has 0 aliphatic heterocycles. The number of nitrogens with one attached hydrogen (secondary N) is 1. The second-order valence-corrected chi connectivity index (χ2v) is 5.51. The Morgan fingerprint density at radius 2 is 2.24 bits per heavy atom. The van der Waals surface area contributed by atoms with E-state index in [9.17, 15) is 0 Å². The number of unbranched alkanes of at least 4 members (excludes halogenated alkanes) is 2. The van der Waals surface area contributed by atoms with E-state index in [1.54, 1.807) is 0 Å². The van der Waals surface area contributed by atoms with Gasteiger partial charge >= 0.3 is 0 Å². The Bertz CT molecular complexity index is 323. The van der Waals surface area contributed by atoms with Crippen LogP contribution in [-0.2, 0) is 13.1 Å². The summed E-state index contributed by atoms with van der Waals surface area (Å²) in [7, 11) is 0. The molecule has 1 saturated carbocycles. The van der Waals surface area contributed by atoms with Crippen molar-refractivity contribution in [2.45, 2.75) is 51.2 Å². The summed E-state index contributed by atoms with van der Waals surface area (Å²) in [4.78, 5) is 0. The van der Waals surface area contributed by atoms with Crippen LogP contribution in [0.15, 0.2) is 0 Å². The van der Waals surface area contributed by atoms with Gasteiger partial charge in [0.1, 0.15) is 0 Å². The van der Waals surface area contributed by atoms with Crippen LogP contribution in [-0.4, -0.2) is 38.3 Å². The lowest BCUT2D eigenvalue weighted by molar-refractivity contribution is 0.507. The molecule has 1 aliphatic rings. The van der Waals surface area contributed by atoms with Gasteiger partial charge in [-0.05, 0) is 48.1 Å². The Labute approximate surface area is 107 Å².